The molecule has 1 amide bonds. The smallest absolute Gasteiger partial charge is 0.267 e. The molecule has 1 heterocycles. The van der Waals surface area contributed by atoms with Crippen LogP contribution in [0.15, 0.2) is 18.2 Å². The number of hydrogen-bond donors (Lipinski definition) is 2. The molecule has 0 spiro atoms. The number of carbonyl (C=O) groups is 1. The van der Waals surface area contributed by atoms with Crippen LogP contribution in [0.2, 0.25) is 0 Å². The molecule has 0 atom stereocenters. The largest absolute Gasteiger partial charge is 0.375 e. The molecule has 5 heteroatoms. The third-order valence-electron chi connectivity index (χ3n) is 3.26. The zero-order chi connectivity index (χ0) is 14.7. The topological polar surface area (TPSA) is 68.0 Å². The van der Waals surface area contributed by atoms with Gasteiger partial charge in [0.2, 0.25) is 0 Å². The minimum Gasteiger partial charge on any atom is -0.375 e. The maximum atomic E-state index is 12.4. The summed E-state index contributed by atoms with van der Waals surface area (Å²) in [7, 11) is 0. The van der Waals surface area contributed by atoms with Gasteiger partial charge in [0, 0.05) is 5.69 Å². The third-order valence-corrected chi connectivity index (χ3v) is 4.24. The Balaban J connectivity index is 2.34. The van der Waals surface area contributed by atoms with Gasteiger partial charge < -0.3 is 11.1 Å². The van der Waals surface area contributed by atoms with Crippen LogP contribution >= 0.6 is 11.3 Å². The number of carbonyl (C=O) groups excluding carboxylic acids is 1. The first-order valence-electron chi connectivity index (χ1n) is 6.71. The molecule has 0 bridgehead atoms. The van der Waals surface area contributed by atoms with Crippen molar-refractivity contribution in [2.24, 2.45) is 0 Å². The molecule has 1 aromatic carbocycles. The van der Waals surface area contributed by atoms with Crippen LogP contribution in [0.3, 0.4) is 0 Å². The van der Waals surface area contributed by atoms with Crippen molar-refractivity contribution in [2.45, 2.75) is 33.6 Å². The van der Waals surface area contributed by atoms with Crippen molar-refractivity contribution in [3.63, 3.8) is 0 Å². The van der Waals surface area contributed by atoms with E-state index in [1.165, 1.54) is 11.3 Å². The number of para-hydroxylation sites is 1. The number of thiazole rings is 1. The highest BCUT2D eigenvalue weighted by atomic mass is 32.1. The highest BCUT2D eigenvalue weighted by molar-refractivity contribution is 7.17. The Morgan fingerprint density at radius 1 is 1.30 bits per heavy atom. The Kier molecular flexibility index (Phi) is 4.39. The second-order valence-electron chi connectivity index (χ2n) is 4.58. The predicted molar refractivity (Wildman–Crippen MR) is 84.4 cm³/mol. The lowest BCUT2D eigenvalue weighted by Crippen LogP contribution is -2.14. The molecule has 3 N–H and O–H groups in total. The van der Waals surface area contributed by atoms with Crippen molar-refractivity contribution in [1.82, 2.24) is 4.98 Å². The molecule has 0 aliphatic heterocycles. The molecular weight excluding hydrogens is 270 g/mol. The summed E-state index contributed by atoms with van der Waals surface area (Å²) >= 11 is 1.22. The second kappa shape index (κ2) is 6.05. The van der Waals surface area contributed by atoms with Gasteiger partial charge >= 0.3 is 0 Å². The van der Waals surface area contributed by atoms with Crippen molar-refractivity contribution >= 4 is 28.1 Å². The molecule has 106 valence electrons. The summed E-state index contributed by atoms with van der Waals surface area (Å²) in [5.41, 5.74) is 9.55. The number of amides is 1. The lowest BCUT2D eigenvalue weighted by Gasteiger charge is -2.14. The summed E-state index contributed by atoms with van der Waals surface area (Å²) < 4.78 is 0. The molecule has 4 nitrogen and oxygen atoms in total. The molecule has 0 fully saturated rings. The van der Waals surface area contributed by atoms with Crippen LogP contribution in [-0.2, 0) is 12.8 Å². The maximum absolute atomic E-state index is 12.4. The fourth-order valence-corrected chi connectivity index (χ4v) is 2.93. The van der Waals surface area contributed by atoms with Crippen LogP contribution < -0.4 is 11.1 Å². The number of aryl methyl sites for hydroxylation is 3. The Morgan fingerprint density at radius 3 is 2.35 bits per heavy atom. The quantitative estimate of drug-likeness (QED) is 0.906. The molecule has 0 aliphatic carbocycles. The van der Waals surface area contributed by atoms with Crippen LogP contribution in [0.5, 0.6) is 0 Å². The van der Waals surface area contributed by atoms with Gasteiger partial charge in [-0.1, -0.05) is 43.4 Å². The van der Waals surface area contributed by atoms with Crippen LogP contribution in [0.4, 0.5) is 10.8 Å². The highest BCUT2D eigenvalue weighted by Gasteiger charge is 2.16. The molecule has 20 heavy (non-hydrogen) atoms. The Bertz CT molecular complexity index is 612. The molecule has 0 radical (unpaired) electrons. The van der Waals surface area contributed by atoms with E-state index in [1.54, 1.807) is 6.92 Å². The fraction of sp³-hybridized carbons (Fsp3) is 0.333. The molecule has 0 unspecified atom stereocenters. The number of aromatic nitrogens is 1. The van der Waals surface area contributed by atoms with Gasteiger partial charge in [0.15, 0.2) is 5.13 Å². The summed E-state index contributed by atoms with van der Waals surface area (Å²) in [6, 6.07) is 6.12. The number of benzene rings is 1. The maximum Gasteiger partial charge on any atom is 0.267 e. The summed E-state index contributed by atoms with van der Waals surface area (Å²) in [5, 5.41) is 3.45. The summed E-state index contributed by atoms with van der Waals surface area (Å²) in [5.74, 6) is -0.132. The second-order valence-corrected chi connectivity index (χ2v) is 5.61. The summed E-state index contributed by atoms with van der Waals surface area (Å²) in [6.07, 6.45) is 1.76. The Hall–Kier alpha value is -1.88. The van der Waals surface area contributed by atoms with Crippen molar-refractivity contribution in [1.29, 1.82) is 0 Å². The first-order chi connectivity index (χ1) is 9.56. The van der Waals surface area contributed by atoms with E-state index in [-0.39, 0.29) is 5.91 Å². The zero-order valence-corrected chi connectivity index (χ0v) is 12.8. The molecule has 2 aromatic rings. The Morgan fingerprint density at radius 2 is 1.90 bits per heavy atom. The number of rotatable bonds is 4. The normalized spacial score (nSPS) is 10.6. The van der Waals surface area contributed by atoms with Gasteiger partial charge in [-0.3, -0.25) is 4.79 Å². The average Bonchev–Trinajstić information content (AvgIpc) is 2.78. The molecule has 1 aromatic heterocycles. The lowest BCUT2D eigenvalue weighted by atomic mass is 10.0. The monoisotopic (exact) mass is 289 g/mol. The van der Waals surface area contributed by atoms with Crippen LogP contribution in [-0.4, -0.2) is 10.9 Å². The SMILES string of the molecule is CCc1cccc(CC)c1NC(=O)c1sc(N)nc1C. The zero-order valence-electron chi connectivity index (χ0n) is 12.0. The van der Waals surface area contributed by atoms with E-state index in [0.717, 1.165) is 29.7 Å². The van der Waals surface area contributed by atoms with E-state index >= 15 is 0 Å². The molecular formula is C15H19N3OS. The van der Waals surface area contributed by atoms with E-state index in [1.807, 2.05) is 18.2 Å². The standard InChI is InChI=1S/C15H19N3OS/c1-4-10-7-6-8-11(5-2)12(10)18-14(19)13-9(3)17-15(16)20-13/h6-8H,4-5H2,1-3H3,(H2,16,17)(H,18,19). The fourth-order valence-electron chi connectivity index (χ4n) is 2.20. The Labute approximate surface area is 123 Å². The number of nitrogen functional groups attached to an aromatic ring is 1. The number of nitrogens with one attached hydrogen (secondary N) is 1. The minimum absolute atomic E-state index is 0.132. The van der Waals surface area contributed by atoms with E-state index in [0.29, 0.717) is 15.7 Å². The van der Waals surface area contributed by atoms with E-state index in [4.69, 9.17) is 5.73 Å². The van der Waals surface area contributed by atoms with Crippen molar-refractivity contribution < 1.29 is 4.79 Å². The average molecular weight is 289 g/mol. The molecule has 0 aliphatic rings. The van der Waals surface area contributed by atoms with Gasteiger partial charge in [0.25, 0.3) is 5.91 Å². The first-order valence-corrected chi connectivity index (χ1v) is 7.53. The molecule has 2 rings (SSSR count). The van der Waals surface area contributed by atoms with Crippen molar-refractivity contribution in [3.8, 4) is 0 Å². The van der Waals surface area contributed by atoms with Crippen molar-refractivity contribution in [2.75, 3.05) is 11.1 Å². The van der Waals surface area contributed by atoms with Gasteiger partial charge in [0.05, 0.1) is 5.69 Å². The summed E-state index contributed by atoms with van der Waals surface area (Å²) in [4.78, 5) is 17.1. The van der Waals surface area contributed by atoms with Crippen LogP contribution in [0.1, 0.15) is 40.3 Å². The van der Waals surface area contributed by atoms with Gasteiger partial charge in [0.1, 0.15) is 4.88 Å². The number of anilines is 2. The van der Waals surface area contributed by atoms with Gasteiger partial charge in [-0.15, -0.1) is 0 Å². The van der Waals surface area contributed by atoms with Gasteiger partial charge in [-0.05, 0) is 30.9 Å². The van der Waals surface area contributed by atoms with Crippen molar-refractivity contribution in [3.05, 3.63) is 39.9 Å². The van der Waals surface area contributed by atoms with E-state index in [2.05, 4.69) is 24.1 Å². The van der Waals surface area contributed by atoms with Crippen LogP contribution in [0, 0.1) is 6.92 Å². The first kappa shape index (κ1) is 14.5. The minimum atomic E-state index is -0.132. The predicted octanol–water partition coefficient (Wildman–Crippen LogP) is 3.41. The number of nitrogens with zero attached hydrogens (tertiary/aromatic N) is 1. The lowest BCUT2D eigenvalue weighted by molar-refractivity contribution is 0.102. The number of nitrogens with two attached hydrogens (primary N) is 1. The highest BCUT2D eigenvalue weighted by Crippen LogP contribution is 2.26. The van der Waals surface area contributed by atoms with E-state index < -0.39 is 0 Å². The summed E-state index contributed by atoms with van der Waals surface area (Å²) in [6.45, 7) is 5.97. The van der Waals surface area contributed by atoms with Crippen LogP contribution in [0.25, 0.3) is 0 Å². The van der Waals surface area contributed by atoms with Gasteiger partial charge in [-0.2, -0.15) is 0 Å². The third kappa shape index (κ3) is 2.82. The number of hydrogen-bond acceptors (Lipinski definition) is 4. The molecule has 0 saturated heterocycles. The molecule has 0 saturated carbocycles. The van der Waals surface area contributed by atoms with Gasteiger partial charge in [-0.25, -0.2) is 4.98 Å². The van der Waals surface area contributed by atoms with E-state index in [9.17, 15) is 4.79 Å².